The van der Waals surface area contributed by atoms with E-state index in [9.17, 15) is 0 Å². The maximum absolute atomic E-state index is 5.52. The third-order valence-corrected chi connectivity index (χ3v) is 6.28. The highest BCUT2D eigenvalue weighted by Gasteiger charge is 2.36. The molecule has 4 heteroatoms. The van der Waals surface area contributed by atoms with E-state index in [2.05, 4.69) is 71.2 Å². The number of aromatic nitrogens is 1. The number of nitrogens with one attached hydrogen (secondary N) is 1. The fourth-order valence-corrected chi connectivity index (χ4v) is 4.88. The summed E-state index contributed by atoms with van der Waals surface area (Å²) in [7, 11) is 2.23. The first kappa shape index (κ1) is 16.8. The quantitative estimate of drug-likeness (QED) is 0.754. The summed E-state index contributed by atoms with van der Waals surface area (Å²) >= 11 is 0. The lowest BCUT2D eigenvalue weighted by molar-refractivity contribution is 0.122. The second kappa shape index (κ2) is 6.39. The third kappa shape index (κ3) is 2.84. The van der Waals surface area contributed by atoms with Crippen molar-refractivity contribution < 1.29 is 4.74 Å². The molecule has 0 bridgehead atoms. The van der Waals surface area contributed by atoms with Gasteiger partial charge in [-0.05, 0) is 59.5 Å². The molecule has 1 fully saturated rings. The molecule has 1 aromatic heterocycles. The lowest BCUT2D eigenvalue weighted by Crippen LogP contribution is -2.43. The van der Waals surface area contributed by atoms with E-state index in [1.54, 1.807) is 0 Å². The van der Waals surface area contributed by atoms with Crippen LogP contribution in [0.5, 0.6) is 0 Å². The molecule has 2 aliphatic rings. The van der Waals surface area contributed by atoms with Crippen LogP contribution in [0.3, 0.4) is 0 Å². The first-order valence-electron chi connectivity index (χ1n) is 9.86. The molecule has 1 unspecified atom stereocenters. The number of H-pyrrole nitrogens is 1. The lowest BCUT2D eigenvalue weighted by atomic mass is 9.71. The molecule has 0 radical (unpaired) electrons. The summed E-state index contributed by atoms with van der Waals surface area (Å²) in [6, 6.07) is 16.1. The predicted octanol–water partition coefficient (Wildman–Crippen LogP) is 3.76. The fourth-order valence-electron chi connectivity index (χ4n) is 4.88. The van der Waals surface area contributed by atoms with Gasteiger partial charge in [0.1, 0.15) is 0 Å². The van der Waals surface area contributed by atoms with E-state index in [0.29, 0.717) is 0 Å². The summed E-state index contributed by atoms with van der Waals surface area (Å²) < 4.78 is 5.52. The van der Waals surface area contributed by atoms with Gasteiger partial charge in [-0.2, -0.15) is 0 Å². The van der Waals surface area contributed by atoms with Gasteiger partial charge in [-0.25, -0.2) is 0 Å². The van der Waals surface area contributed by atoms with Crippen molar-refractivity contribution >= 4 is 16.6 Å². The Morgan fingerprint density at radius 1 is 1.04 bits per heavy atom. The molecule has 4 nitrogen and oxygen atoms in total. The maximum atomic E-state index is 5.52. The van der Waals surface area contributed by atoms with Crippen LogP contribution in [-0.4, -0.2) is 49.8 Å². The topological polar surface area (TPSA) is 31.5 Å². The molecule has 0 saturated carbocycles. The van der Waals surface area contributed by atoms with Gasteiger partial charge in [0.2, 0.25) is 0 Å². The van der Waals surface area contributed by atoms with Gasteiger partial charge in [0.15, 0.2) is 0 Å². The summed E-state index contributed by atoms with van der Waals surface area (Å²) in [4.78, 5) is 8.20. The van der Waals surface area contributed by atoms with Crippen LogP contribution in [0.25, 0.3) is 10.9 Å². The molecular weight excluding hydrogens is 334 g/mol. The number of ether oxygens (including phenoxy) is 1. The number of fused-ring (bicyclic) bond motifs is 2. The highest BCUT2D eigenvalue weighted by Crippen LogP contribution is 2.41. The number of rotatable bonds is 2. The van der Waals surface area contributed by atoms with Crippen LogP contribution < -0.4 is 4.90 Å². The number of morpholine rings is 1. The minimum Gasteiger partial charge on any atom is -0.378 e. The summed E-state index contributed by atoms with van der Waals surface area (Å²) in [5, 5.41) is 1.29. The van der Waals surface area contributed by atoms with Crippen LogP contribution in [0.1, 0.15) is 23.6 Å². The van der Waals surface area contributed by atoms with Crippen LogP contribution in [0, 0.1) is 0 Å². The normalized spacial score (nSPS) is 23.6. The Bertz CT molecular complexity index is 973. The number of hydrogen-bond acceptors (Lipinski definition) is 3. The molecule has 0 amide bonds. The minimum atomic E-state index is -0.00265. The Balaban J connectivity index is 1.58. The zero-order chi connectivity index (χ0) is 18.4. The first-order valence-corrected chi connectivity index (χ1v) is 9.86. The van der Waals surface area contributed by atoms with Crippen molar-refractivity contribution in [1.29, 1.82) is 0 Å². The Morgan fingerprint density at radius 3 is 2.74 bits per heavy atom. The predicted molar refractivity (Wildman–Crippen MR) is 111 cm³/mol. The molecule has 1 atom stereocenters. The Hall–Kier alpha value is -2.30. The molecule has 1 saturated heterocycles. The molecular formula is C23H27N3O. The number of hydrogen-bond donors (Lipinski definition) is 1. The standard InChI is InChI=1S/C23H27N3O/c1-23(19-3-6-22-17(13-19)7-8-24-22)16-25(2)15-18-14-20(4-5-21(18)23)26-9-11-27-12-10-26/h3-8,13-14,24H,9-12,15-16H2,1-2H3. The SMILES string of the molecule is CN1Cc2cc(N3CCOCC3)ccc2C(C)(c2ccc3[nH]ccc3c2)C1. The van der Waals surface area contributed by atoms with Gasteiger partial charge in [0.25, 0.3) is 0 Å². The van der Waals surface area contributed by atoms with Crippen LogP contribution in [0.2, 0.25) is 0 Å². The highest BCUT2D eigenvalue weighted by atomic mass is 16.5. The lowest BCUT2D eigenvalue weighted by Gasteiger charge is -2.42. The minimum absolute atomic E-state index is 0.00265. The molecule has 2 aromatic carbocycles. The van der Waals surface area contributed by atoms with Crippen molar-refractivity contribution in [2.45, 2.75) is 18.9 Å². The van der Waals surface area contributed by atoms with Gasteiger partial charge < -0.3 is 19.5 Å². The fraction of sp³-hybridized carbons (Fsp3) is 0.391. The zero-order valence-corrected chi connectivity index (χ0v) is 16.2. The van der Waals surface area contributed by atoms with Crippen LogP contribution in [-0.2, 0) is 16.7 Å². The van der Waals surface area contributed by atoms with Crippen LogP contribution in [0.4, 0.5) is 5.69 Å². The first-order chi connectivity index (χ1) is 13.1. The van der Waals surface area contributed by atoms with Gasteiger partial charge in [-0.3, -0.25) is 0 Å². The number of aromatic amines is 1. The van der Waals surface area contributed by atoms with E-state index in [1.807, 2.05) is 6.20 Å². The zero-order valence-electron chi connectivity index (χ0n) is 16.2. The largest absolute Gasteiger partial charge is 0.378 e. The third-order valence-electron chi connectivity index (χ3n) is 6.28. The summed E-state index contributed by atoms with van der Waals surface area (Å²) in [5.41, 5.74) is 6.83. The summed E-state index contributed by atoms with van der Waals surface area (Å²) in [5.74, 6) is 0. The van der Waals surface area contributed by atoms with Gasteiger partial charge >= 0.3 is 0 Å². The monoisotopic (exact) mass is 361 g/mol. The van der Waals surface area contributed by atoms with E-state index in [1.165, 1.54) is 33.3 Å². The number of likely N-dealkylation sites (N-methyl/N-ethyl adjacent to an activating group) is 1. The molecule has 27 heavy (non-hydrogen) atoms. The molecule has 0 spiro atoms. The molecule has 140 valence electrons. The van der Waals surface area contributed by atoms with Crippen molar-refractivity contribution in [1.82, 2.24) is 9.88 Å². The molecule has 1 N–H and O–H groups in total. The van der Waals surface area contributed by atoms with E-state index >= 15 is 0 Å². The maximum Gasteiger partial charge on any atom is 0.0642 e. The summed E-state index contributed by atoms with van der Waals surface area (Å²) in [6.45, 7) is 8.05. The molecule has 3 heterocycles. The molecule has 5 rings (SSSR count). The molecule has 3 aromatic rings. The number of nitrogens with zero attached hydrogens (tertiary/aromatic N) is 2. The Kier molecular flexibility index (Phi) is 3.99. The van der Waals surface area contributed by atoms with Crippen molar-refractivity contribution in [3.05, 3.63) is 65.4 Å². The average molecular weight is 361 g/mol. The summed E-state index contributed by atoms with van der Waals surface area (Å²) in [6.07, 6.45) is 2.02. The van der Waals surface area contributed by atoms with E-state index in [-0.39, 0.29) is 5.41 Å². The number of benzene rings is 2. The van der Waals surface area contributed by atoms with E-state index in [0.717, 1.165) is 39.4 Å². The van der Waals surface area contributed by atoms with Crippen LogP contribution in [0.15, 0.2) is 48.7 Å². The van der Waals surface area contributed by atoms with Crippen molar-refractivity contribution in [3.63, 3.8) is 0 Å². The van der Waals surface area contributed by atoms with Crippen molar-refractivity contribution in [2.24, 2.45) is 0 Å². The van der Waals surface area contributed by atoms with Gasteiger partial charge in [0, 0.05) is 49.0 Å². The number of anilines is 1. The van der Waals surface area contributed by atoms with Crippen molar-refractivity contribution in [2.75, 3.05) is 44.8 Å². The Morgan fingerprint density at radius 2 is 1.89 bits per heavy atom. The molecule has 2 aliphatic heterocycles. The van der Waals surface area contributed by atoms with Crippen molar-refractivity contribution in [3.8, 4) is 0 Å². The second-order valence-corrected chi connectivity index (χ2v) is 8.22. The van der Waals surface area contributed by atoms with Gasteiger partial charge in [-0.15, -0.1) is 0 Å². The van der Waals surface area contributed by atoms with Gasteiger partial charge in [-0.1, -0.05) is 19.1 Å². The molecule has 0 aliphatic carbocycles. The highest BCUT2D eigenvalue weighted by molar-refractivity contribution is 5.80. The van der Waals surface area contributed by atoms with E-state index in [4.69, 9.17) is 4.74 Å². The average Bonchev–Trinajstić information content (AvgIpc) is 3.16. The second-order valence-electron chi connectivity index (χ2n) is 8.22. The van der Waals surface area contributed by atoms with Crippen LogP contribution >= 0.6 is 0 Å². The van der Waals surface area contributed by atoms with Gasteiger partial charge in [0.05, 0.1) is 13.2 Å². The Labute approximate surface area is 160 Å². The van der Waals surface area contributed by atoms with E-state index < -0.39 is 0 Å². The smallest absolute Gasteiger partial charge is 0.0642 e.